The van der Waals surface area contributed by atoms with Gasteiger partial charge in [-0.2, -0.15) is 0 Å². The fourth-order valence-corrected chi connectivity index (χ4v) is 5.82. The molecule has 0 aromatic heterocycles. The van der Waals surface area contributed by atoms with Gasteiger partial charge in [0.15, 0.2) is 12.1 Å². The molecular formula is C31H43FN4O2. The lowest BCUT2D eigenvalue weighted by atomic mass is 9.85. The number of rotatable bonds is 14. The second-order valence-electron chi connectivity index (χ2n) is 10.7. The van der Waals surface area contributed by atoms with Crippen molar-refractivity contribution < 1.29 is 14.0 Å². The third-order valence-electron chi connectivity index (χ3n) is 8.15. The van der Waals surface area contributed by atoms with E-state index in [0.717, 1.165) is 18.5 Å². The minimum Gasteiger partial charge on any atom is -0.339 e. The molecule has 2 atom stereocenters. The van der Waals surface area contributed by atoms with Gasteiger partial charge in [0, 0.05) is 30.8 Å². The van der Waals surface area contributed by atoms with Gasteiger partial charge in [-0.3, -0.25) is 14.5 Å². The minimum absolute atomic E-state index is 0.0224. The number of nitrogens with one attached hydrogen (secondary N) is 2. The van der Waals surface area contributed by atoms with Gasteiger partial charge >= 0.3 is 0 Å². The molecule has 2 aliphatic heterocycles. The van der Waals surface area contributed by atoms with Gasteiger partial charge in [0.25, 0.3) is 0 Å². The number of halogens is 1. The van der Waals surface area contributed by atoms with Crippen molar-refractivity contribution in [1.29, 1.82) is 0 Å². The first kappa shape index (κ1) is 28.2. The number of Topliss-reactive ketones (excluding diaryl/α,β-unsaturated/α-hetero) is 1. The summed E-state index contributed by atoms with van der Waals surface area (Å²) in [6.45, 7) is 4.33. The molecule has 6 nitrogen and oxygen atoms in total. The Hall–Kier alpha value is -2.77. The van der Waals surface area contributed by atoms with E-state index in [1.165, 1.54) is 25.7 Å². The molecule has 7 heteroatoms. The molecule has 1 spiro atoms. The molecule has 0 radical (unpaired) electrons. The first-order chi connectivity index (χ1) is 18.5. The second-order valence-corrected chi connectivity index (χ2v) is 10.7. The van der Waals surface area contributed by atoms with E-state index in [9.17, 15) is 9.59 Å². The number of hydrogen-bond acceptors (Lipinski definition) is 5. The number of likely N-dealkylation sites (tertiary alicyclic amines) is 1. The van der Waals surface area contributed by atoms with Crippen LogP contribution in [0.1, 0.15) is 75.1 Å². The zero-order valence-electron chi connectivity index (χ0n) is 22.7. The molecule has 1 amide bonds. The van der Waals surface area contributed by atoms with E-state index in [1.807, 2.05) is 48.5 Å². The van der Waals surface area contributed by atoms with Crippen LogP contribution < -0.4 is 15.5 Å². The smallest absolute Gasteiger partial charge is 0.247 e. The number of carbonyl (C=O) groups is 2. The number of benzene rings is 2. The summed E-state index contributed by atoms with van der Waals surface area (Å²) in [5, 5.41) is 6.38. The van der Waals surface area contributed by atoms with Crippen molar-refractivity contribution >= 4 is 17.4 Å². The SMILES string of the molecule is CCCCCCCCNC(CC(F)N1CCC2(CC1)C(=O)NCN2c1ccccc1)C(=O)c1ccccc1. The Morgan fingerprint density at radius 3 is 2.29 bits per heavy atom. The number of nitrogens with zero attached hydrogens (tertiary/aromatic N) is 2. The quantitative estimate of drug-likeness (QED) is 0.200. The Balaban J connectivity index is 1.35. The molecule has 2 unspecified atom stereocenters. The van der Waals surface area contributed by atoms with Crippen molar-refractivity contribution in [2.45, 2.75) is 82.6 Å². The second kappa shape index (κ2) is 13.9. The number of piperidine rings is 1. The van der Waals surface area contributed by atoms with Crippen molar-refractivity contribution in [1.82, 2.24) is 15.5 Å². The lowest BCUT2D eigenvalue weighted by Crippen LogP contribution is -2.58. The number of ketones is 1. The van der Waals surface area contributed by atoms with E-state index in [0.29, 0.717) is 44.7 Å². The molecule has 2 saturated heterocycles. The van der Waals surface area contributed by atoms with E-state index in [-0.39, 0.29) is 18.1 Å². The van der Waals surface area contributed by atoms with Crippen molar-refractivity contribution in [2.75, 3.05) is 31.2 Å². The molecule has 0 bridgehead atoms. The average Bonchev–Trinajstić information content (AvgIpc) is 3.27. The maximum Gasteiger partial charge on any atom is 0.247 e. The summed E-state index contributed by atoms with van der Waals surface area (Å²) in [6, 6.07) is 18.5. The van der Waals surface area contributed by atoms with Crippen LogP contribution in [0.15, 0.2) is 60.7 Å². The Kier molecular flexibility index (Phi) is 10.3. The summed E-state index contributed by atoms with van der Waals surface area (Å²) in [6.07, 6.45) is 6.97. The predicted octanol–water partition coefficient (Wildman–Crippen LogP) is 5.30. The van der Waals surface area contributed by atoms with Crippen LogP contribution in [0.25, 0.3) is 0 Å². The summed E-state index contributed by atoms with van der Waals surface area (Å²) in [5.74, 6) is -0.0349. The number of unbranched alkanes of at least 4 members (excludes halogenated alkanes) is 5. The van der Waals surface area contributed by atoms with Crippen LogP contribution >= 0.6 is 0 Å². The average molecular weight is 523 g/mol. The summed E-state index contributed by atoms with van der Waals surface area (Å²) in [7, 11) is 0. The maximum absolute atomic E-state index is 15.7. The van der Waals surface area contributed by atoms with Crippen molar-refractivity contribution in [2.24, 2.45) is 0 Å². The van der Waals surface area contributed by atoms with Crippen molar-refractivity contribution in [3.8, 4) is 0 Å². The molecule has 0 saturated carbocycles. The lowest BCUT2D eigenvalue weighted by Gasteiger charge is -2.44. The fourth-order valence-electron chi connectivity index (χ4n) is 5.82. The van der Waals surface area contributed by atoms with Gasteiger partial charge in [0.2, 0.25) is 5.91 Å². The molecule has 206 valence electrons. The molecule has 38 heavy (non-hydrogen) atoms. The number of para-hydroxylation sites is 1. The molecule has 2 fully saturated rings. The Morgan fingerprint density at radius 1 is 0.974 bits per heavy atom. The molecular weight excluding hydrogens is 479 g/mol. The van der Waals surface area contributed by atoms with Crippen molar-refractivity contribution in [3.05, 3.63) is 66.2 Å². The van der Waals surface area contributed by atoms with E-state index < -0.39 is 17.9 Å². The monoisotopic (exact) mass is 522 g/mol. The van der Waals surface area contributed by atoms with Gasteiger partial charge in [-0.25, -0.2) is 4.39 Å². The third kappa shape index (κ3) is 6.80. The van der Waals surface area contributed by atoms with Crippen LogP contribution in [-0.2, 0) is 4.79 Å². The van der Waals surface area contributed by atoms with Crippen LogP contribution in [0.4, 0.5) is 10.1 Å². The van der Waals surface area contributed by atoms with E-state index in [4.69, 9.17) is 0 Å². The first-order valence-electron chi connectivity index (χ1n) is 14.4. The van der Waals surface area contributed by atoms with Gasteiger partial charge < -0.3 is 15.5 Å². The summed E-state index contributed by atoms with van der Waals surface area (Å²) in [4.78, 5) is 30.2. The van der Waals surface area contributed by atoms with E-state index in [2.05, 4.69) is 22.5 Å². The highest BCUT2D eigenvalue weighted by Gasteiger charge is 2.51. The molecule has 0 aliphatic carbocycles. The highest BCUT2D eigenvalue weighted by atomic mass is 19.1. The minimum atomic E-state index is -1.25. The highest BCUT2D eigenvalue weighted by Crippen LogP contribution is 2.37. The third-order valence-corrected chi connectivity index (χ3v) is 8.15. The molecule has 4 rings (SSSR count). The van der Waals surface area contributed by atoms with Gasteiger partial charge in [-0.1, -0.05) is 87.6 Å². The Morgan fingerprint density at radius 2 is 1.61 bits per heavy atom. The first-order valence-corrected chi connectivity index (χ1v) is 14.4. The molecule has 2 aliphatic rings. The van der Waals surface area contributed by atoms with Crippen molar-refractivity contribution in [3.63, 3.8) is 0 Å². The largest absolute Gasteiger partial charge is 0.339 e. The summed E-state index contributed by atoms with van der Waals surface area (Å²) in [5.41, 5.74) is 0.967. The molecule has 2 aromatic rings. The van der Waals surface area contributed by atoms with Gasteiger partial charge in [-0.05, 0) is 37.9 Å². The standard InChI is InChI=1S/C31H43FN4O2/c1-2-3-4-5-6-13-20-33-27(29(37)25-14-9-7-10-15-25)23-28(32)35-21-18-31(19-22-35)30(38)34-24-36(31)26-16-11-8-12-17-26/h7-12,14-17,27-28,33H,2-6,13,18-24H2,1H3,(H,34,38). The maximum atomic E-state index is 15.7. The van der Waals surface area contributed by atoms with E-state index in [1.54, 1.807) is 17.0 Å². The predicted molar refractivity (Wildman–Crippen MR) is 151 cm³/mol. The highest BCUT2D eigenvalue weighted by molar-refractivity contribution is 6.00. The van der Waals surface area contributed by atoms with Crippen LogP contribution in [0.3, 0.4) is 0 Å². The van der Waals surface area contributed by atoms with Crippen LogP contribution in [0.2, 0.25) is 0 Å². The molecule has 2 heterocycles. The van der Waals surface area contributed by atoms with Gasteiger partial charge in [0.05, 0.1) is 12.7 Å². The zero-order chi connectivity index (χ0) is 26.8. The number of hydrogen-bond donors (Lipinski definition) is 2. The van der Waals surface area contributed by atoms with E-state index >= 15 is 4.39 Å². The Labute approximate surface area is 227 Å². The zero-order valence-corrected chi connectivity index (χ0v) is 22.7. The number of amides is 1. The number of carbonyl (C=O) groups excluding carboxylic acids is 2. The number of anilines is 1. The molecule has 2 N–H and O–H groups in total. The molecule has 2 aromatic carbocycles. The topological polar surface area (TPSA) is 64.7 Å². The van der Waals surface area contributed by atoms with Gasteiger partial charge in [-0.15, -0.1) is 0 Å². The summed E-state index contributed by atoms with van der Waals surface area (Å²) >= 11 is 0. The van der Waals surface area contributed by atoms with Crippen LogP contribution in [-0.4, -0.2) is 60.8 Å². The fraction of sp³-hybridized carbons (Fsp3) is 0.548. The van der Waals surface area contributed by atoms with Crippen LogP contribution in [0, 0.1) is 0 Å². The number of alkyl halides is 1. The Bertz CT molecular complexity index is 1010. The lowest BCUT2D eigenvalue weighted by molar-refractivity contribution is -0.125. The summed E-state index contributed by atoms with van der Waals surface area (Å²) < 4.78 is 15.7. The van der Waals surface area contributed by atoms with Gasteiger partial charge in [0.1, 0.15) is 5.54 Å². The normalized spacial score (nSPS) is 18.9. The van der Waals surface area contributed by atoms with Crippen LogP contribution in [0.5, 0.6) is 0 Å².